The number of carbonyl (C=O) groups is 1. The Morgan fingerprint density at radius 2 is 1.87 bits per heavy atom. The Hall–Kier alpha value is -3.99. The predicted octanol–water partition coefficient (Wildman–Crippen LogP) is 3.34. The highest BCUT2D eigenvalue weighted by Crippen LogP contribution is 2.38. The number of rotatable bonds is 8. The summed E-state index contributed by atoms with van der Waals surface area (Å²) in [5.41, 5.74) is 4.69. The van der Waals surface area contributed by atoms with Crippen LogP contribution in [0.2, 0.25) is 0 Å². The number of methoxy groups -OCH3 is 3. The molecule has 0 radical (unpaired) electrons. The Balaban J connectivity index is 1.82. The summed E-state index contributed by atoms with van der Waals surface area (Å²) in [6.45, 7) is 0.586. The molecule has 0 aliphatic rings. The van der Waals surface area contributed by atoms with Gasteiger partial charge in [0.1, 0.15) is 0 Å². The summed E-state index contributed by atoms with van der Waals surface area (Å²) < 4.78 is 17.8. The van der Waals surface area contributed by atoms with Gasteiger partial charge in [-0.25, -0.2) is 5.43 Å². The number of nitriles is 1. The number of fused-ring (bicyclic) bond motifs is 1. The van der Waals surface area contributed by atoms with Gasteiger partial charge in [-0.1, -0.05) is 18.2 Å². The van der Waals surface area contributed by atoms with Gasteiger partial charge in [0.25, 0.3) is 5.91 Å². The number of hydrogen-bond donors (Lipinski definition) is 1. The number of aromatic nitrogens is 1. The van der Waals surface area contributed by atoms with E-state index < -0.39 is 5.91 Å². The van der Waals surface area contributed by atoms with E-state index in [9.17, 15) is 4.79 Å². The molecule has 154 valence electrons. The number of hydrazone groups is 1. The summed E-state index contributed by atoms with van der Waals surface area (Å²) >= 11 is 0. The lowest BCUT2D eigenvalue weighted by molar-refractivity contribution is 0.0954. The Morgan fingerprint density at radius 3 is 2.50 bits per heavy atom. The minimum absolute atomic E-state index is 0.318. The van der Waals surface area contributed by atoms with Crippen LogP contribution in [0.3, 0.4) is 0 Å². The molecule has 0 unspecified atom stereocenters. The Kier molecular flexibility index (Phi) is 6.55. The molecule has 3 rings (SSSR count). The Bertz CT molecular complexity index is 1100. The molecule has 0 aliphatic heterocycles. The second-order valence-corrected chi connectivity index (χ2v) is 6.32. The topological polar surface area (TPSA) is 97.9 Å². The average Bonchev–Trinajstić information content (AvgIpc) is 3.14. The van der Waals surface area contributed by atoms with Crippen LogP contribution in [0.1, 0.15) is 22.3 Å². The summed E-state index contributed by atoms with van der Waals surface area (Å²) in [6, 6.07) is 13.1. The lowest BCUT2D eigenvalue weighted by Gasteiger charge is -2.13. The fraction of sp³-hybridized carbons (Fsp3) is 0.227. The molecule has 1 N–H and O–H groups in total. The van der Waals surface area contributed by atoms with Gasteiger partial charge in [-0.2, -0.15) is 10.4 Å². The van der Waals surface area contributed by atoms with E-state index in [4.69, 9.17) is 19.5 Å². The SMILES string of the molecule is COc1cc(C(=O)N/N=C\c2cn(CCC#N)c3ccccc23)cc(OC)c1OC. The number of ether oxygens (including phenoxy) is 3. The summed E-state index contributed by atoms with van der Waals surface area (Å²) in [5.74, 6) is 0.752. The Morgan fingerprint density at radius 1 is 1.17 bits per heavy atom. The molecule has 0 spiro atoms. The van der Waals surface area contributed by atoms with Crippen LogP contribution >= 0.6 is 0 Å². The molecule has 1 heterocycles. The van der Waals surface area contributed by atoms with Crippen LogP contribution in [0.5, 0.6) is 17.2 Å². The molecule has 0 fully saturated rings. The molecule has 30 heavy (non-hydrogen) atoms. The molecule has 3 aromatic rings. The van der Waals surface area contributed by atoms with Crippen molar-refractivity contribution in [3.05, 3.63) is 53.7 Å². The quantitative estimate of drug-likeness (QED) is 0.457. The van der Waals surface area contributed by atoms with E-state index >= 15 is 0 Å². The van der Waals surface area contributed by atoms with Crippen molar-refractivity contribution in [2.24, 2.45) is 5.10 Å². The maximum absolute atomic E-state index is 12.6. The van der Waals surface area contributed by atoms with Gasteiger partial charge in [-0.3, -0.25) is 4.79 Å². The van der Waals surface area contributed by atoms with Gasteiger partial charge >= 0.3 is 0 Å². The fourth-order valence-electron chi connectivity index (χ4n) is 3.17. The number of carbonyl (C=O) groups excluding carboxylic acids is 1. The molecule has 8 heteroatoms. The third-order valence-corrected chi connectivity index (χ3v) is 4.58. The van der Waals surface area contributed by atoms with E-state index in [0.717, 1.165) is 16.5 Å². The van der Waals surface area contributed by atoms with Gasteiger partial charge in [0.15, 0.2) is 11.5 Å². The molecule has 0 saturated carbocycles. The number of hydrogen-bond acceptors (Lipinski definition) is 6. The minimum atomic E-state index is -0.418. The Labute approximate surface area is 174 Å². The zero-order chi connectivity index (χ0) is 21.5. The van der Waals surface area contributed by atoms with Crippen molar-refractivity contribution in [3.8, 4) is 23.3 Å². The first-order valence-corrected chi connectivity index (χ1v) is 9.21. The second kappa shape index (κ2) is 9.47. The van der Waals surface area contributed by atoms with Crippen molar-refractivity contribution in [2.75, 3.05) is 21.3 Å². The number of para-hydroxylation sites is 1. The van der Waals surface area contributed by atoms with Gasteiger partial charge in [-0.05, 0) is 18.2 Å². The third-order valence-electron chi connectivity index (χ3n) is 4.58. The van der Waals surface area contributed by atoms with Crippen molar-refractivity contribution in [2.45, 2.75) is 13.0 Å². The van der Waals surface area contributed by atoms with Crippen LogP contribution < -0.4 is 19.6 Å². The van der Waals surface area contributed by atoms with E-state index in [1.54, 1.807) is 18.3 Å². The molecule has 1 amide bonds. The van der Waals surface area contributed by atoms with Crippen LogP contribution in [-0.2, 0) is 6.54 Å². The van der Waals surface area contributed by atoms with Gasteiger partial charge in [0, 0.05) is 34.8 Å². The number of nitrogens with zero attached hydrogens (tertiary/aromatic N) is 3. The molecular weight excluding hydrogens is 384 g/mol. The molecule has 0 saturated heterocycles. The van der Waals surface area contributed by atoms with E-state index in [2.05, 4.69) is 16.6 Å². The van der Waals surface area contributed by atoms with Crippen molar-refractivity contribution in [1.29, 1.82) is 5.26 Å². The van der Waals surface area contributed by atoms with Crippen LogP contribution in [0.15, 0.2) is 47.7 Å². The van der Waals surface area contributed by atoms with Gasteiger partial charge in [-0.15, -0.1) is 0 Å². The average molecular weight is 406 g/mol. The van der Waals surface area contributed by atoms with Crippen LogP contribution in [0.25, 0.3) is 10.9 Å². The monoisotopic (exact) mass is 406 g/mol. The first kappa shape index (κ1) is 20.7. The first-order chi connectivity index (χ1) is 14.6. The van der Waals surface area contributed by atoms with E-state index in [1.807, 2.05) is 35.0 Å². The zero-order valence-corrected chi connectivity index (χ0v) is 17.0. The van der Waals surface area contributed by atoms with E-state index in [-0.39, 0.29) is 0 Å². The largest absolute Gasteiger partial charge is 0.493 e. The minimum Gasteiger partial charge on any atom is -0.493 e. The molecule has 1 aromatic heterocycles. The fourth-order valence-corrected chi connectivity index (χ4v) is 3.17. The van der Waals surface area contributed by atoms with Crippen LogP contribution in [-0.4, -0.2) is 38.0 Å². The highest BCUT2D eigenvalue weighted by Gasteiger charge is 2.16. The molecular formula is C22H22N4O4. The smallest absolute Gasteiger partial charge is 0.271 e. The lowest BCUT2D eigenvalue weighted by Crippen LogP contribution is -2.18. The number of nitrogens with one attached hydrogen (secondary N) is 1. The normalized spacial score (nSPS) is 10.7. The van der Waals surface area contributed by atoms with Gasteiger partial charge in [0.2, 0.25) is 5.75 Å². The molecule has 8 nitrogen and oxygen atoms in total. The van der Waals surface area contributed by atoms with Crippen molar-refractivity contribution >= 4 is 23.0 Å². The standard InChI is InChI=1S/C22H22N4O4/c1-28-19-11-15(12-20(29-2)21(19)30-3)22(27)25-24-13-16-14-26(10-6-9-23)18-8-5-4-7-17(16)18/h4-5,7-8,11-14H,6,10H2,1-3H3,(H,25,27)/b24-13-. The van der Waals surface area contributed by atoms with Crippen LogP contribution in [0, 0.1) is 11.3 Å². The summed E-state index contributed by atoms with van der Waals surface area (Å²) in [7, 11) is 4.47. The van der Waals surface area contributed by atoms with Crippen LogP contribution in [0.4, 0.5) is 0 Å². The lowest BCUT2D eigenvalue weighted by atomic mass is 10.1. The summed E-state index contributed by atoms with van der Waals surface area (Å²) in [5, 5.41) is 13.9. The van der Waals surface area contributed by atoms with Crippen molar-refractivity contribution in [1.82, 2.24) is 9.99 Å². The second-order valence-electron chi connectivity index (χ2n) is 6.32. The molecule has 0 bridgehead atoms. The highest BCUT2D eigenvalue weighted by molar-refractivity contribution is 6.00. The first-order valence-electron chi connectivity index (χ1n) is 9.21. The van der Waals surface area contributed by atoms with Crippen molar-refractivity contribution in [3.63, 3.8) is 0 Å². The van der Waals surface area contributed by atoms with Crippen molar-refractivity contribution < 1.29 is 19.0 Å². The maximum Gasteiger partial charge on any atom is 0.271 e. The predicted molar refractivity (Wildman–Crippen MR) is 113 cm³/mol. The van der Waals surface area contributed by atoms with Gasteiger partial charge in [0.05, 0.1) is 40.0 Å². The molecule has 0 atom stereocenters. The van der Waals surface area contributed by atoms with Gasteiger partial charge < -0.3 is 18.8 Å². The zero-order valence-electron chi connectivity index (χ0n) is 17.0. The number of benzene rings is 2. The maximum atomic E-state index is 12.6. The third kappa shape index (κ3) is 4.20. The molecule has 2 aromatic carbocycles. The number of aryl methyl sites for hydroxylation is 1. The summed E-state index contributed by atoms with van der Waals surface area (Å²) in [6.07, 6.45) is 3.91. The molecule has 0 aliphatic carbocycles. The summed E-state index contributed by atoms with van der Waals surface area (Å²) in [4.78, 5) is 12.6. The van der Waals surface area contributed by atoms with E-state index in [1.165, 1.54) is 21.3 Å². The number of amides is 1. The highest BCUT2D eigenvalue weighted by atomic mass is 16.5. The van der Waals surface area contributed by atoms with E-state index in [0.29, 0.717) is 35.8 Å².